The first kappa shape index (κ1) is 17.5. The minimum atomic E-state index is -0.369. The summed E-state index contributed by atoms with van der Waals surface area (Å²) in [6.07, 6.45) is 7.11. The second-order valence-corrected chi connectivity index (χ2v) is 8.56. The van der Waals surface area contributed by atoms with Gasteiger partial charge in [0, 0.05) is 24.7 Å². The summed E-state index contributed by atoms with van der Waals surface area (Å²) in [7, 11) is 0. The molecule has 1 aliphatic heterocycles. The number of fused-ring (bicyclic) bond motifs is 3. The Kier molecular flexibility index (Phi) is 3.69. The number of nitrogens with one attached hydrogen (secondary N) is 2. The molecule has 30 heavy (non-hydrogen) atoms. The first-order valence-corrected chi connectivity index (χ1v) is 10.6. The molecule has 0 radical (unpaired) electrons. The van der Waals surface area contributed by atoms with Crippen LogP contribution in [0.25, 0.3) is 22.1 Å². The van der Waals surface area contributed by atoms with E-state index < -0.39 is 0 Å². The van der Waals surface area contributed by atoms with Crippen molar-refractivity contribution in [3.63, 3.8) is 0 Å². The fourth-order valence-corrected chi connectivity index (χ4v) is 5.13. The summed E-state index contributed by atoms with van der Waals surface area (Å²) in [5.41, 5.74) is 2.98. The van der Waals surface area contributed by atoms with E-state index in [-0.39, 0.29) is 23.1 Å². The minimum absolute atomic E-state index is 0.0453. The summed E-state index contributed by atoms with van der Waals surface area (Å²) >= 11 is 0. The molecule has 0 spiro atoms. The van der Waals surface area contributed by atoms with Gasteiger partial charge in [0.15, 0.2) is 0 Å². The standard InChI is InChI=1S/C23H23N5O2/c29-21(23(9-10-23)15-5-2-1-3-6-15)27-12-4-7-16(14-27)28-19-17-8-11-24-20(17)25-13-18(19)26-22(28)30/h1-3,5-6,8,11,13,16H,4,7,9-10,12,14H2,(H,24,25)(H,26,30)/t16-/m1/s1. The van der Waals surface area contributed by atoms with Crippen molar-refractivity contribution in [3.05, 3.63) is 64.8 Å². The summed E-state index contributed by atoms with van der Waals surface area (Å²) in [5, 5.41) is 0.928. The SMILES string of the molecule is O=C(N1CCC[C@@H](n2c(=O)[nH]c3cnc4[nH]ccc4c32)C1)C1(c2ccccc2)CC1. The average molecular weight is 401 g/mol. The molecule has 4 heterocycles. The largest absolute Gasteiger partial charge is 0.346 e. The Labute approximate surface area is 172 Å². The van der Waals surface area contributed by atoms with Crippen molar-refractivity contribution < 1.29 is 4.79 Å². The Morgan fingerprint density at radius 3 is 2.80 bits per heavy atom. The van der Waals surface area contributed by atoms with Crippen LogP contribution in [0.4, 0.5) is 0 Å². The van der Waals surface area contributed by atoms with Gasteiger partial charge in [0.1, 0.15) is 5.65 Å². The maximum absolute atomic E-state index is 13.5. The van der Waals surface area contributed by atoms with Crippen LogP contribution < -0.4 is 5.69 Å². The number of hydrogen-bond donors (Lipinski definition) is 2. The number of aromatic nitrogens is 4. The number of rotatable bonds is 3. The zero-order valence-corrected chi connectivity index (χ0v) is 16.6. The van der Waals surface area contributed by atoms with Crippen molar-refractivity contribution in [1.29, 1.82) is 0 Å². The van der Waals surface area contributed by atoms with Crippen molar-refractivity contribution in [3.8, 4) is 0 Å². The van der Waals surface area contributed by atoms with E-state index in [1.54, 1.807) is 6.20 Å². The van der Waals surface area contributed by atoms with E-state index in [9.17, 15) is 9.59 Å². The number of carbonyl (C=O) groups is 1. The Morgan fingerprint density at radius 2 is 2.00 bits per heavy atom. The second kappa shape index (κ2) is 6.32. The number of piperidine rings is 1. The summed E-state index contributed by atoms with van der Waals surface area (Å²) in [6, 6.07) is 12.0. The van der Waals surface area contributed by atoms with Crippen LogP contribution in [0.15, 0.2) is 53.6 Å². The molecule has 1 amide bonds. The highest BCUT2D eigenvalue weighted by molar-refractivity contribution is 6.01. The predicted octanol–water partition coefficient (Wildman–Crippen LogP) is 3.10. The van der Waals surface area contributed by atoms with Gasteiger partial charge in [0.05, 0.1) is 28.7 Å². The van der Waals surface area contributed by atoms with E-state index in [1.165, 1.54) is 0 Å². The lowest BCUT2D eigenvalue weighted by molar-refractivity contribution is -0.135. The highest BCUT2D eigenvalue weighted by atomic mass is 16.2. The third kappa shape index (κ3) is 2.47. The monoisotopic (exact) mass is 401 g/mol. The molecule has 0 unspecified atom stereocenters. The molecule has 7 nitrogen and oxygen atoms in total. The van der Waals surface area contributed by atoms with Crippen molar-refractivity contribution in [2.45, 2.75) is 37.1 Å². The number of imidazole rings is 1. The van der Waals surface area contributed by atoms with E-state index in [0.29, 0.717) is 6.54 Å². The van der Waals surface area contributed by atoms with E-state index in [2.05, 4.69) is 27.1 Å². The molecule has 6 rings (SSSR count). The molecule has 1 atom stereocenters. The van der Waals surface area contributed by atoms with Gasteiger partial charge in [-0.05, 0) is 37.3 Å². The molecule has 1 aliphatic carbocycles. The Morgan fingerprint density at radius 1 is 1.17 bits per heavy atom. The molecule has 2 N–H and O–H groups in total. The van der Waals surface area contributed by atoms with Crippen LogP contribution in [-0.4, -0.2) is 43.4 Å². The number of likely N-dealkylation sites (tertiary alicyclic amines) is 1. The van der Waals surface area contributed by atoms with Crippen molar-refractivity contribution >= 4 is 28.0 Å². The summed E-state index contributed by atoms with van der Waals surface area (Å²) in [6.45, 7) is 1.32. The number of amides is 1. The first-order chi connectivity index (χ1) is 14.7. The molecule has 7 heteroatoms. The van der Waals surface area contributed by atoms with Crippen LogP contribution >= 0.6 is 0 Å². The molecule has 1 aromatic carbocycles. The maximum Gasteiger partial charge on any atom is 0.326 e. The highest BCUT2D eigenvalue weighted by Gasteiger charge is 2.53. The molecule has 4 aromatic rings. The van der Waals surface area contributed by atoms with Gasteiger partial charge in [-0.25, -0.2) is 9.78 Å². The molecule has 2 aliphatic rings. The third-order valence-corrected chi connectivity index (χ3v) is 6.79. The molecule has 152 valence electrons. The zero-order chi connectivity index (χ0) is 20.3. The number of nitrogens with zero attached hydrogens (tertiary/aromatic N) is 3. The Hall–Kier alpha value is -3.35. The van der Waals surface area contributed by atoms with Crippen molar-refractivity contribution in [1.82, 2.24) is 24.4 Å². The molecule has 3 aromatic heterocycles. The van der Waals surface area contributed by atoms with Crippen LogP contribution in [0.5, 0.6) is 0 Å². The summed E-state index contributed by atoms with van der Waals surface area (Å²) < 4.78 is 1.84. The molecular weight excluding hydrogens is 378 g/mol. The predicted molar refractivity (Wildman–Crippen MR) is 114 cm³/mol. The summed E-state index contributed by atoms with van der Waals surface area (Å²) in [5.74, 6) is 0.208. The van der Waals surface area contributed by atoms with E-state index >= 15 is 0 Å². The fourth-order valence-electron chi connectivity index (χ4n) is 5.13. The molecular formula is C23H23N5O2. The average Bonchev–Trinajstić information content (AvgIpc) is 3.32. The topological polar surface area (TPSA) is 86.8 Å². The molecule has 2 fully saturated rings. The molecule has 0 bridgehead atoms. The van der Waals surface area contributed by atoms with Gasteiger partial charge in [-0.1, -0.05) is 30.3 Å². The number of H-pyrrole nitrogens is 2. The number of carbonyl (C=O) groups excluding carboxylic acids is 1. The van der Waals surface area contributed by atoms with Gasteiger partial charge < -0.3 is 14.9 Å². The van der Waals surface area contributed by atoms with E-state index in [0.717, 1.165) is 59.9 Å². The smallest absolute Gasteiger partial charge is 0.326 e. The lowest BCUT2D eigenvalue weighted by atomic mass is 9.93. The number of benzene rings is 1. The van der Waals surface area contributed by atoms with E-state index in [4.69, 9.17) is 0 Å². The van der Waals surface area contributed by atoms with Gasteiger partial charge in [-0.3, -0.25) is 9.36 Å². The second-order valence-electron chi connectivity index (χ2n) is 8.56. The lowest BCUT2D eigenvalue weighted by Crippen LogP contribution is -2.46. The van der Waals surface area contributed by atoms with Gasteiger partial charge >= 0.3 is 5.69 Å². The zero-order valence-electron chi connectivity index (χ0n) is 16.6. The normalized spacial score (nSPS) is 20.7. The number of aromatic amines is 2. The van der Waals surface area contributed by atoms with Crippen LogP contribution in [0.1, 0.15) is 37.3 Å². The first-order valence-electron chi connectivity index (χ1n) is 10.6. The van der Waals surface area contributed by atoms with Crippen LogP contribution in [0.3, 0.4) is 0 Å². The third-order valence-electron chi connectivity index (χ3n) is 6.79. The van der Waals surface area contributed by atoms with E-state index in [1.807, 2.05) is 39.9 Å². The highest BCUT2D eigenvalue weighted by Crippen LogP contribution is 2.50. The lowest BCUT2D eigenvalue weighted by Gasteiger charge is -2.35. The van der Waals surface area contributed by atoms with Crippen molar-refractivity contribution in [2.75, 3.05) is 13.1 Å². The fraction of sp³-hybridized carbons (Fsp3) is 0.348. The van der Waals surface area contributed by atoms with Crippen molar-refractivity contribution in [2.24, 2.45) is 0 Å². The summed E-state index contributed by atoms with van der Waals surface area (Å²) in [4.78, 5) is 38.8. The Bertz CT molecular complexity index is 1310. The van der Waals surface area contributed by atoms with Gasteiger partial charge in [0.25, 0.3) is 0 Å². The van der Waals surface area contributed by atoms with Crippen LogP contribution in [0.2, 0.25) is 0 Å². The molecule has 1 saturated carbocycles. The quantitative estimate of drug-likeness (QED) is 0.553. The van der Waals surface area contributed by atoms with Crippen LogP contribution in [-0.2, 0) is 10.2 Å². The minimum Gasteiger partial charge on any atom is -0.346 e. The van der Waals surface area contributed by atoms with Gasteiger partial charge in [-0.2, -0.15) is 0 Å². The van der Waals surface area contributed by atoms with Gasteiger partial charge in [-0.15, -0.1) is 0 Å². The van der Waals surface area contributed by atoms with Gasteiger partial charge in [0.2, 0.25) is 5.91 Å². The maximum atomic E-state index is 13.5. The Balaban J connectivity index is 1.36. The molecule has 1 saturated heterocycles. The number of pyridine rings is 1. The van der Waals surface area contributed by atoms with Crippen LogP contribution in [0, 0.1) is 0 Å². The number of hydrogen-bond acceptors (Lipinski definition) is 3.